The van der Waals surface area contributed by atoms with Gasteiger partial charge in [-0.05, 0) is 33.0 Å². The lowest BCUT2D eigenvalue weighted by molar-refractivity contribution is -0.143. The van der Waals surface area contributed by atoms with Crippen molar-refractivity contribution in [2.75, 3.05) is 73.0 Å². The lowest BCUT2D eigenvalue weighted by Gasteiger charge is -2.22. The molecule has 0 saturated carbocycles. The number of rotatable bonds is 5. The van der Waals surface area contributed by atoms with E-state index in [4.69, 9.17) is 0 Å². The number of nitrogens with one attached hydrogen (secondary N) is 2. The predicted octanol–water partition coefficient (Wildman–Crippen LogP) is 1.04. The minimum Gasteiger partial charge on any atom is -0.355 e. The number of hydrogen-bond donors (Lipinski definition) is 2. The maximum Gasteiger partial charge on any atom is 0.401 e. The quantitative estimate of drug-likeness (QED) is 0.342. The molecule has 2 aliphatic rings. The van der Waals surface area contributed by atoms with Crippen LogP contribution in [0.4, 0.5) is 13.2 Å². The fourth-order valence-corrected chi connectivity index (χ4v) is 3.39. The normalized spacial score (nSPS) is 24.2. The Bertz CT molecular complexity index is 435. The van der Waals surface area contributed by atoms with Gasteiger partial charge in [0.2, 0.25) is 0 Å². The molecule has 1 unspecified atom stereocenters. The average Bonchev–Trinajstić information content (AvgIpc) is 2.84. The summed E-state index contributed by atoms with van der Waals surface area (Å²) in [5, 5.41) is 6.52. The highest BCUT2D eigenvalue weighted by Crippen LogP contribution is 2.19. The third-order valence-electron chi connectivity index (χ3n) is 4.77. The van der Waals surface area contributed by atoms with Gasteiger partial charge in [-0.1, -0.05) is 0 Å². The van der Waals surface area contributed by atoms with Gasteiger partial charge in [0.1, 0.15) is 0 Å². The van der Waals surface area contributed by atoms with Gasteiger partial charge >= 0.3 is 6.18 Å². The molecule has 0 aliphatic carbocycles. The standard InChI is InChI=1S/C16H31F3N6.HI/c1-20-15(21-5-9-24-7-3-6-23(2)10-11-24)22-14-4-8-25(12-14)13-16(17,18)19;/h14H,3-13H2,1-2H3,(H2,20,21,22);1H. The first-order valence-corrected chi connectivity index (χ1v) is 9.03. The minimum atomic E-state index is -4.13. The minimum absolute atomic E-state index is 0. The average molecular weight is 492 g/mol. The van der Waals surface area contributed by atoms with E-state index in [9.17, 15) is 13.2 Å². The lowest BCUT2D eigenvalue weighted by Crippen LogP contribution is -2.47. The summed E-state index contributed by atoms with van der Waals surface area (Å²) in [6, 6.07) is 0.0142. The van der Waals surface area contributed by atoms with Crippen molar-refractivity contribution in [1.29, 1.82) is 0 Å². The van der Waals surface area contributed by atoms with Crippen LogP contribution >= 0.6 is 24.0 Å². The second-order valence-corrected chi connectivity index (χ2v) is 6.98. The van der Waals surface area contributed by atoms with E-state index in [2.05, 4.69) is 32.5 Å². The van der Waals surface area contributed by atoms with E-state index in [0.29, 0.717) is 25.5 Å². The third-order valence-corrected chi connectivity index (χ3v) is 4.77. The molecule has 10 heteroatoms. The molecule has 0 spiro atoms. The smallest absolute Gasteiger partial charge is 0.355 e. The zero-order chi connectivity index (χ0) is 18.3. The Morgan fingerprint density at radius 3 is 2.58 bits per heavy atom. The van der Waals surface area contributed by atoms with Crippen molar-refractivity contribution >= 4 is 29.9 Å². The molecule has 1 atom stereocenters. The summed E-state index contributed by atoms with van der Waals surface area (Å²) in [5.74, 6) is 0.672. The van der Waals surface area contributed by atoms with E-state index >= 15 is 0 Å². The van der Waals surface area contributed by atoms with E-state index in [-0.39, 0.29) is 30.0 Å². The monoisotopic (exact) mass is 492 g/mol. The highest BCUT2D eigenvalue weighted by molar-refractivity contribution is 14.0. The Hall–Kier alpha value is -0.330. The van der Waals surface area contributed by atoms with Gasteiger partial charge in [-0.2, -0.15) is 13.2 Å². The van der Waals surface area contributed by atoms with Crippen molar-refractivity contribution in [2.45, 2.75) is 25.1 Å². The van der Waals surface area contributed by atoms with Gasteiger partial charge in [-0.25, -0.2) is 0 Å². The maximum absolute atomic E-state index is 12.5. The van der Waals surface area contributed by atoms with Gasteiger partial charge < -0.3 is 20.4 Å². The first-order chi connectivity index (χ1) is 11.9. The highest BCUT2D eigenvalue weighted by Gasteiger charge is 2.34. The summed E-state index contributed by atoms with van der Waals surface area (Å²) in [6.45, 7) is 6.16. The first-order valence-electron chi connectivity index (χ1n) is 9.03. The number of halogens is 4. The Morgan fingerprint density at radius 1 is 1.12 bits per heavy atom. The van der Waals surface area contributed by atoms with E-state index < -0.39 is 12.7 Å². The van der Waals surface area contributed by atoms with Gasteiger partial charge in [-0.3, -0.25) is 9.89 Å². The number of hydrogen-bond acceptors (Lipinski definition) is 4. The van der Waals surface area contributed by atoms with Gasteiger partial charge in [0.25, 0.3) is 0 Å². The molecule has 2 heterocycles. The second-order valence-electron chi connectivity index (χ2n) is 6.98. The molecule has 0 aromatic heterocycles. The van der Waals surface area contributed by atoms with Gasteiger partial charge in [0, 0.05) is 52.4 Å². The summed E-state index contributed by atoms with van der Waals surface area (Å²) in [5.41, 5.74) is 0. The summed E-state index contributed by atoms with van der Waals surface area (Å²) in [7, 11) is 3.84. The maximum atomic E-state index is 12.5. The molecule has 2 fully saturated rings. The van der Waals surface area contributed by atoms with Crippen LogP contribution in [0.25, 0.3) is 0 Å². The molecule has 2 saturated heterocycles. The van der Waals surface area contributed by atoms with Crippen molar-refractivity contribution < 1.29 is 13.2 Å². The van der Waals surface area contributed by atoms with Crippen LogP contribution in [-0.4, -0.2) is 106 Å². The number of alkyl halides is 3. The number of guanidine groups is 1. The largest absolute Gasteiger partial charge is 0.401 e. The van der Waals surface area contributed by atoms with Crippen LogP contribution < -0.4 is 10.6 Å². The first kappa shape index (κ1) is 23.7. The molecule has 2 N–H and O–H groups in total. The molecule has 2 rings (SSSR count). The molecule has 2 aliphatic heterocycles. The lowest BCUT2D eigenvalue weighted by atomic mass is 10.3. The van der Waals surface area contributed by atoms with Gasteiger partial charge in [-0.15, -0.1) is 24.0 Å². The van der Waals surface area contributed by atoms with Crippen LogP contribution in [0, 0.1) is 0 Å². The third kappa shape index (κ3) is 9.05. The van der Waals surface area contributed by atoms with E-state index in [1.807, 2.05) is 0 Å². The SMILES string of the molecule is CN=C(NCCN1CCCN(C)CC1)NC1CCN(CC(F)(F)F)C1.I. The Labute approximate surface area is 171 Å². The zero-order valence-corrected chi connectivity index (χ0v) is 18.0. The topological polar surface area (TPSA) is 46.1 Å². The fraction of sp³-hybridized carbons (Fsp3) is 0.938. The van der Waals surface area contributed by atoms with Crippen LogP contribution in [0.3, 0.4) is 0 Å². The number of likely N-dealkylation sites (tertiary alicyclic amines) is 1. The van der Waals surface area contributed by atoms with Crippen LogP contribution in [0.1, 0.15) is 12.8 Å². The van der Waals surface area contributed by atoms with Crippen molar-refractivity contribution in [3.8, 4) is 0 Å². The second kappa shape index (κ2) is 11.5. The van der Waals surface area contributed by atoms with Crippen molar-refractivity contribution in [2.24, 2.45) is 4.99 Å². The van der Waals surface area contributed by atoms with E-state index in [0.717, 1.165) is 39.3 Å². The van der Waals surface area contributed by atoms with Crippen LogP contribution in [0.5, 0.6) is 0 Å². The molecule has 0 aromatic rings. The molecular formula is C16H32F3IN6. The van der Waals surface area contributed by atoms with Crippen molar-refractivity contribution in [3.63, 3.8) is 0 Å². The van der Waals surface area contributed by atoms with Crippen LogP contribution in [0.15, 0.2) is 4.99 Å². The summed E-state index contributed by atoms with van der Waals surface area (Å²) in [4.78, 5) is 10.4. The van der Waals surface area contributed by atoms with Crippen LogP contribution in [0.2, 0.25) is 0 Å². The molecule has 0 radical (unpaired) electrons. The molecule has 0 bridgehead atoms. The Balaban J connectivity index is 0.00000338. The summed E-state index contributed by atoms with van der Waals surface area (Å²) < 4.78 is 37.4. The van der Waals surface area contributed by atoms with Gasteiger partial charge in [0.15, 0.2) is 5.96 Å². The number of nitrogens with zero attached hydrogens (tertiary/aromatic N) is 4. The highest BCUT2D eigenvalue weighted by atomic mass is 127. The molecular weight excluding hydrogens is 460 g/mol. The number of aliphatic imine (C=N–C) groups is 1. The summed E-state index contributed by atoms with van der Waals surface area (Å²) in [6.07, 6.45) is -2.24. The Kier molecular flexibility index (Phi) is 10.5. The van der Waals surface area contributed by atoms with Crippen molar-refractivity contribution in [1.82, 2.24) is 25.3 Å². The molecule has 6 nitrogen and oxygen atoms in total. The molecule has 0 aromatic carbocycles. The Morgan fingerprint density at radius 2 is 1.88 bits per heavy atom. The fourth-order valence-electron chi connectivity index (χ4n) is 3.39. The molecule has 0 amide bonds. The van der Waals surface area contributed by atoms with Crippen LogP contribution in [-0.2, 0) is 0 Å². The molecule has 26 heavy (non-hydrogen) atoms. The molecule has 154 valence electrons. The number of likely N-dealkylation sites (N-methyl/N-ethyl adjacent to an activating group) is 1. The van der Waals surface area contributed by atoms with Gasteiger partial charge in [0.05, 0.1) is 6.54 Å². The van der Waals surface area contributed by atoms with Crippen molar-refractivity contribution in [3.05, 3.63) is 0 Å². The van der Waals surface area contributed by atoms with E-state index in [1.165, 1.54) is 11.3 Å². The predicted molar refractivity (Wildman–Crippen MR) is 109 cm³/mol. The van der Waals surface area contributed by atoms with E-state index in [1.54, 1.807) is 7.05 Å². The summed E-state index contributed by atoms with van der Waals surface area (Å²) >= 11 is 0. The zero-order valence-electron chi connectivity index (χ0n) is 15.7.